The van der Waals surface area contributed by atoms with Crippen molar-refractivity contribution in [1.82, 2.24) is 9.97 Å². The third kappa shape index (κ3) is 4.92. The van der Waals surface area contributed by atoms with Gasteiger partial charge in [0.1, 0.15) is 0 Å². The molecule has 0 aliphatic heterocycles. The molecule has 0 saturated heterocycles. The number of aromatic nitrogens is 2. The van der Waals surface area contributed by atoms with E-state index in [1.807, 2.05) is 17.4 Å². The van der Waals surface area contributed by atoms with Crippen LogP contribution in [0.1, 0.15) is 0 Å². The molecule has 3 heterocycles. The lowest BCUT2D eigenvalue weighted by molar-refractivity contribution is 1.24. The summed E-state index contributed by atoms with van der Waals surface area (Å²) in [4.78, 5) is 10.4. The van der Waals surface area contributed by atoms with Crippen LogP contribution in [0.15, 0.2) is 170 Å². The number of thiophene rings is 2. The SMILES string of the molecule is c1ccc(-c2nc(-c3cccc(-c4cccc(-c5cccc(-c6cccc7c6sc6ccccc67)c5)c4)c3)nc3c2sc2ccccc23)cc1. The standard InChI is InChI=1S/C46H28N2S2/c1-2-12-29(13-3-1)42-45-43(39-21-5-7-25-41(39)50-45)48-46(47-42)35-19-10-17-33(28-35)31-15-8-14-30(26-31)32-16-9-18-34(27-32)36-22-11-23-38-37-20-4-6-24-40(37)49-44(36)38/h1-28H. The fraction of sp³-hybridized carbons (Fsp3) is 0. The van der Waals surface area contributed by atoms with Crippen LogP contribution in [0.5, 0.6) is 0 Å². The van der Waals surface area contributed by atoms with E-state index in [0.717, 1.165) is 44.0 Å². The van der Waals surface area contributed by atoms with Gasteiger partial charge in [0.05, 0.1) is 15.9 Å². The summed E-state index contributed by atoms with van der Waals surface area (Å²) in [5, 5.41) is 3.82. The zero-order chi connectivity index (χ0) is 33.0. The summed E-state index contributed by atoms with van der Waals surface area (Å²) in [6.45, 7) is 0. The Hall–Kier alpha value is -5.94. The molecule has 234 valence electrons. The van der Waals surface area contributed by atoms with Crippen LogP contribution in [0.2, 0.25) is 0 Å². The second-order valence-corrected chi connectivity index (χ2v) is 14.7. The summed E-state index contributed by atoms with van der Waals surface area (Å²) in [5.74, 6) is 0.737. The van der Waals surface area contributed by atoms with Crippen molar-refractivity contribution >= 4 is 63.1 Å². The van der Waals surface area contributed by atoms with E-state index in [0.29, 0.717) is 0 Å². The topological polar surface area (TPSA) is 25.8 Å². The fourth-order valence-electron chi connectivity index (χ4n) is 7.07. The highest BCUT2D eigenvalue weighted by Gasteiger charge is 2.17. The highest BCUT2D eigenvalue weighted by Crippen LogP contribution is 2.42. The Morgan fingerprint density at radius 2 is 0.840 bits per heavy atom. The summed E-state index contributed by atoms with van der Waals surface area (Å²) in [5.41, 5.74) is 11.3. The van der Waals surface area contributed by atoms with Gasteiger partial charge in [-0.2, -0.15) is 0 Å². The molecule has 0 fully saturated rings. The Morgan fingerprint density at radius 1 is 0.340 bits per heavy atom. The first-order valence-electron chi connectivity index (χ1n) is 16.7. The molecule has 0 radical (unpaired) electrons. The van der Waals surface area contributed by atoms with Gasteiger partial charge >= 0.3 is 0 Å². The van der Waals surface area contributed by atoms with Crippen molar-refractivity contribution in [2.45, 2.75) is 0 Å². The number of nitrogens with zero attached hydrogens (tertiary/aromatic N) is 2. The third-order valence-electron chi connectivity index (χ3n) is 9.49. The lowest BCUT2D eigenvalue weighted by atomic mass is 9.95. The summed E-state index contributed by atoms with van der Waals surface area (Å²) in [6.07, 6.45) is 0. The van der Waals surface area contributed by atoms with Gasteiger partial charge in [-0.3, -0.25) is 0 Å². The molecule has 3 aromatic heterocycles. The van der Waals surface area contributed by atoms with Crippen molar-refractivity contribution in [3.05, 3.63) is 170 Å². The molecule has 10 rings (SSSR count). The van der Waals surface area contributed by atoms with Gasteiger partial charge in [-0.25, -0.2) is 9.97 Å². The van der Waals surface area contributed by atoms with Crippen molar-refractivity contribution in [1.29, 1.82) is 0 Å². The van der Waals surface area contributed by atoms with Crippen molar-refractivity contribution in [3.63, 3.8) is 0 Å². The van der Waals surface area contributed by atoms with E-state index in [9.17, 15) is 0 Å². The number of hydrogen-bond donors (Lipinski definition) is 0. The summed E-state index contributed by atoms with van der Waals surface area (Å²) in [7, 11) is 0. The fourth-order valence-corrected chi connectivity index (χ4v) is 9.46. The lowest BCUT2D eigenvalue weighted by Crippen LogP contribution is -1.94. The minimum atomic E-state index is 0.737. The van der Waals surface area contributed by atoms with Gasteiger partial charge in [0.15, 0.2) is 5.82 Å². The normalized spacial score (nSPS) is 11.6. The predicted molar refractivity (Wildman–Crippen MR) is 215 cm³/mol. The van der Waals surface area contributed by atoms with E-state index in [1.165, 1.54) is 52.5 Å². The van der Waals surface area contributed by atoms with Crippen LogP contribution in [-0.4, -0.2) is 9.97 Å². The molecule has 0 amide bonds. The monoisotopic (exact) mass is 672 g/mol. The van der Waals surface area contributed by atoms with Gasteiger partial charge in [-0.1, -0.05) is 140 Å². The first kappa shape index (κ1) is 29.0. The quantitative estimate of drug-likeness (QED) is 0.182. The maximum absolute atomic E-state index is 5.21. The van der Waals surface area contributed by atoms with Crippen LogP contribution in [0.25, 0.3) is 96.5 Å². The van der Waals surface area contributed by atoms with Crippen LogP contribution < -0.4 is 0 Å². The van der Waals surface area contributed by atoms with E-state index in [1.54, 1.807) is 11.3 Å². The van der Waals surface area contributed by atoms with Crippen molar-refractivity contribution in [2.75, 3.05) is 0 Å². The average molecular weight is 673 g/mol. The second-order valence-electron chi connectivity index (χ2n) is 12.6. The number of benzene rings is 7. The zero-order valence-electron chi connectivity index (χ0n) is 26.9. The Kier molecular flexibility index (Phi) is 6.90. The van der Waals surface area contributed by atoms with Gasteiger partial charge in [0, 0.05) is 41.4 Å². The maximum atomic E-state index is 5.21. The lowest BCUT2D eigenvalue weighted by Gasteiger charge is -2.11. The van der Waals surface area contributed by atoms with Gasteiger partial charge in [-0.15, -0.1) is 22.7 Å². The van der Waals surface area contributed by atoms with Gasteiger partial charge in [0.2, 0.25) is 0 Å². The van der Waals surface area contributed by atoms with E-state index in [2.05, 4.69) is 164 Å². The third-order valence-corrected chi connectivity index (χ3v) is 11.9. The highest BCUT2D eigenvalue weighted by molar-refractivity contribution is 7.26. The average Bonchev–Trinajstić information content (AvgIpc) is 3.77. The predicted octanol–water partition coefficient (Wildman–Crippen LogP) is 13.5. The molecule has 0 unspecified atom stereocenters. The van der Waals surface area contributed by atoms with Gasteiger partial charge in [-0.05, 0) is 63.7 Å². The molecular weight excluding hydrogens is 645 g/mol. The Morgan fingerprint density at radius 3 is 1.58 bits per heavy atom. The summed E-state index contributed by atoms with van der Waals surface area (Å²) >= 11 is 3.64. The largest absolute Gasteiger partial charge is 0.226 e. The summed E-state index contributed by atoms with van der Waals surface area (Å²) in [6, 6.07) is 60.8. The molecular formula is C46H28N2S2. The molecule has 0 aliphatic rings. The van der Waals surface area contributed by atoms with Crippen LogP contribution in [-0.2, 0) is 0 Å². The molecule has 10 aromatic rings. The minimum absolute atomic E-state index is 0.737. The molecule has 0 saturated carbocycles. The Balaban J connectivity index is 1.05. The Labute approximate surface area is 297 Å². The maximum Gasteiger partial charge on any atom is 0.160 e. The molecule has 4 heteroatoms. The molecule has 0 bridgehead atoms. The number of hydrogen-bond acceptors (Lipinski definition) is 4. The number of fused-ring (bicyclic) bond motifs is 6. The van der Waals surface area contributed by atoms with E-state index in [-0.39, 0.29) is 0 Å². The zero-order valence-corrected chi connectivity index (χ0v) is 28.5. The van der Waals surface area contributed by atoms with Crippen molar-refractivity contribution in [3.8, 4) is 56.0 Å². The first-order valence-corrected chi connectivity index (χ1v) is 18.4. The second kappa shape index (κ2) is 11.9. The summed E-state index contributed by atoms with van der Waals surface area (Å²) < 4.78 is 5.01. The van der Waals surface area contributed by atoms with Crippen LogP contribution >= 0.6 is 22.7 Å². The minimum Gasteiger partial charge on any atom is -0.226 e. The van der Waals surface area contributed by atoms with E-state index < -0.39 is 0 Å². The molecule has 0 atom stereocenters. The molecule has 7 aromatic carbocycles. The molecule has 0 aliphatic carbocycles. The van der Waals surface area contributed by atoms with Crippen molar-refractivity contribution < 1.29 is 0 Å². The van der Waals surface area contributed by atoms with E-state index >= 15 is 0 Å². The highest BCUT2D eigenvalue weighted by atomic mass is 32.1. The van der Waals surface area contributed by atoms with Gasteiger partial charge in [0.25, 0.3) is 0 Å². The molecule has 0 N–H and O–H groups in total. The smallest absolute Gasteiger partial charge is 0.160 e. The van der Waals surface area contributed by atoms with Crippen LogP contribution in [0.4, 0.5) is 0 Å². The van der Waals surface area contributed by atoms with E-state index in [4.69, 9.17) is 9.97 Å². The Bertz CT molecular complexity index is 2880. The molecule has 50 heavy (non-hydrogen) atoms. The molecule has 0 spiro atoms. The van der Waals surface area contributed by atoms with Crippen LogP contribution in [0, 0.1) is 0 Å². The van der Waals surface area contributed by atoms with Gasteiger partial charge < -0.3 is 0 Å². The first-order chi connectivity index (χ1) is 24.8. The molecule has 2 nitrogen and oxygen atoms in total. The number of rotatable bonds is 5. The van der Waals surface area contributed by atoms with Crippen LogP contribution in [0.3, 0.4) is 0 Å². The van der Waals surface area contributed by atoms with Crippen molar-refractivity contribution in [2.24, 2.45) is 0 Å².